The third-order valence-electron chi connectivity index (χ3n) is 4.78. The van der Waals surface area contributed by atoms with Gasteiger partial charge in [0, 0.05) is 5.69 Å². The predicted octanol–water partition coefficient (Wildman–Crippen LogP) is 3.47. The van der Waals surface area contributed by atoms with Gasteiger partial charge in [-0.3, -0.25) is 19.8 Å². The van der Waals surface area contributed by atoms with Crippen LogP contribution >= 0.6 is 0 Å². The molecule has 0 saturated carbocycles. The predicted molar refractivity (Wildman–Crippen MR) is 122 cm³/mol. The highest BCUT2D eigenvalue weighted by Gasteiger charge is 2.34. The van der Waals surface area contributed by atoms with E-state index < -0.39 is 11.8 Å². The van der Waals surface area contributed by atoms with E-state index in [1.807, 2.05) is 37.3 Å². The average molecular weight is 427 g/mol. The minimum Gasteiger partial charge on any atom is -0.484 e. The summed E-state index contributed by atoms with van der Waals surface area (Å²) in [6.45, 7) is 1.80. The Hall–Kier alpha value is -4.39. The average Bonchev–Trinajstić information content (AvgIpc) is 3.08. The molecule has 0 spiro atoms. The summed E-state index contributed by atoms with van der Waals surface area (Å²) < 4.78 is 5.58. The lowest BCUT2D eigenvalue weighted by Crippen LogP contribution is -2.35. The Balaban J connectivity index is 1.42. The van der Waals surface area contributed by atoms with Gasteiger partial charge in [-0.1, -0.05) is 48.0 Å². The molecule has 1 aliphatic rings. The van der Waals surface area contributed by atoms with Crippen LogP contribution in [0.3, 0.4) is 0 Å². The lowest BCUT2D eigenvalue weighted by molar-refractivity contribution is -0.118. The molecule has 0 bridgehead atoms. The van der Waals surface area contributed by atoms with Crippen molar-refractivity contribution in [3.63, 3.8) is 0 Å². The minimum absolute atomic E-state index is 0.0168. The van der Waals surface area contributed by atoms with Gasteiger partial charge in [0.15, 0.2) is 6.61 Å². The third kappa shape index (κ3) is 4.84. The van der Waals surface area contributed by atoms with Crippen LogP contribution in [-0.4, -0.2) is 24.3 Å². The molecule has 4 rings (SSSR count). The molecule has 1 aliphatic heterocycles. The molecule has 160 valence electrons. The van der Waals surface area contributed by atoms with E-state index in [1.54, 1.807) is 48.5 Å². The summed E-state index contributed by atoms with van der Waals surface area (Å²) in [6.07, 6.45) is 1.50. The molecule has 0 aliphatic carbocycles. The summed E-state index contributed by atoms with van der Waals surface area (Å²) in [5, 5.41) is 3.98. The number of para-hydroxylation sites is 1. The van der Waals surface area contributed by atoms with Gasteiger partial charge in [-0.25, -0.2) is 5.01 Å². The molecule has 0 unspecified atom stereocenters. The number of rotatable bonds is 6. The molecule has 0 atom stereocenters. The first-order chi connectivity index (χ1) is 15.5. The zero-order chi connectivity index (χ0) is 22.5. The van der Waals surface area contributed by atoms with Gasteiger partial charge in [0.1, 0.15) is 11.3 Å². The van der Waals surface area contributed by atoms with Gasteiger partial charge in [0.05, 0.1) is 5.69 Å². The second kappa shape index (κ2) is 9.18. The topological polar surface area (TPSA) is 87.7 Å². The van der Waals surface area contributed by atoms with Gasteiger partial charge in [-0.15, -0.1) is 0 Å². The summed E-state index contributed by atoms with van der Waals surface area (Å²) in [6, 6.07) is 23.2. The van der Waals surface area contributed by atoms with Crippen LogP contribution in [0, 0.1) is 6.92 Å². The van der Waals surface area contributed by atoms with Crippen molar-refractivity contribution in [2.45, 2.75) is 6.92 Å². The van der Waals surface area contributed by atoms with Crippen LogP contribution in [0.5, 0.6) is 5.75 Å². The first-order valence-electron chi connectivity index (χ1n) is 10.0. The van der Waals surface area contributed by atoms with E-state index in [4.69, 9.17) is 4.74 Å². The Morgan fingerprint density at radius 1 is 1.00 bits per heavy atom. The minimum atomic E-state index is -0.484. The summed E-state index contributed by atoms with van der Waals surface area (Å²) in [5.41, 5.74) is 5.56. The van der Waals surface area contributed by atoms with E-state index in [0.717, 1.165) is 5.56 Å². The Labute approximate surface area is 185 Å². The van der Waals surface area contributed by atoms with E-state index in [-0.39, 0.29) is 18.1 Å². The lowest BCUT2D eigenvalue weighted by atomic mass is 10.1. The second-order valence-corrected chi connectivity index (χ2v) is 7.25. The van der Waals surface area contributed by atoms with Gasteiger partial charge < -0.3 is 10.1 Å². The van der Waals surface area contributed by atoms with Crippen molar-refractivity contribution in [3.05, 3.63) is 95.6 Å². The first kappa shape index (κ1) is 20.9. The number of hydrazine groups is 1. The number of hydrogen-bond donors (Lipinski definition) is 2. The van der Waals surface area contributed by atoms with Crippen LogP contribution < -0.4 is 20.5 Å². The highest BCUT2D eigenvalue weighted by molar-refractivity contribution is 6.31. The number of nitrogens with zero attached hydrogens (tertiary/aromatic N) is 1. The van der Waals surface area contributed by atoms with Gasteiger partial charge in [-0.2, -0.15) is 0 Å². The largest absolute Gasteiger partial charge is 0.484 e. The molecule has 0 aromatic heterocycles. The number of anilines is 2. The molecule has 2 N–H and O–H groups in total. The van der Waals surface area contributed by atoms with Gasteiger partial charge in [0.25, 0.3) is 17.7 Å². The number of aryl methyl sites for hydroxylation is 1. The summed E-state index contributed by atoms with van der Waals surface area (Å²) >= 11 is 0. The third-order valence-corrected chi connectivity index (χ3v) is 4.78. The quantitative estimate of drug-likeness (QED) is 0.466. The van der Waals surface area contributed by atoms with Crippen molar-refractivity contribution >= 4 is 35.2 Å². The van der Waals surface area contributed by atoms with Crippen molar-refractivity contribution in [3.8, 4) is 5.75 Å². The van der Waals surface area contributed by atoms with Crippen LogP contribution in [-0.2, 0) is 14.4 Å². The number of nitrogens with one attached hydrogen (secondary N) is 2. The molecule has 3 aromatic carbocycles. The Bertz CT molecular complexity index is 1190. The smallest absolute Gasteiger partial charge is 0.282 e. The van der Waals surface area contributed by atoms with E-state index in [1.165, 1.54) is 11.1 Å². The number of carbonyl (C=O) groups is 3. The zero-order valence-electron chi connectivity index (χ0n) is 17.4. The maximum atomic E-state index is 12.7. The number of benzene rings is 3. The van der Waals surface area contributed by atoms with Crippen molar-refractivity contribution in [2.24, 2.45) is 0 Å². The SMILES string of the molecule is Cc1ccc(NC(=O)COc2cccc(/C=C3/C(=O)NN(c4ccccc4)C3=O)c2)cc1. The number of ether oxygens (including phenoxy) is 1. The second-order valence-electron chi connectivity index (χ2n) is 7.25. The molecule has 3 amide bonds. The van der Waals surface area contributed by atoms with Crippen molar-refractivity contribution < 1.29 is 19.1 Å². The number of carbonyl (C=O) groups excluding carboxylic acids is 3. The van der Waals surface area contributed by atoms with E-state index in [2.05, 4.69) is 10.7 Å². The van der Waals surface area contributed by atoms with E-state index in [0.29, 0.717) is 22.7 Å². The number of hydrogen-bond acceptors (Lipinski definition) is 4. The van der Waals surface area contributed by atoms with Crippen LogP contribution in [0.15, 0.2) is 84.4 Å². The monoisotopic (exact) mass is 427 g/mol. The highest BCUT2D eigenvalue weighted by atomic mass is 16.5. The molecular formula is C25H21N3O4. The summed E-state index contributed by atoms with van der Waals surface area (Å²) in [7, 11) is 0. The molecular weight excluding hydrogens is 406 g/mol. The van der Waals surface area contributed by atoms with Gasteiger partial charge in [0.2, 0.25) is 0 Å². The molecule has 1 heterocycles. The Morgan fingerprint density at radius 2 is 1.75 bits per heavy atom. The fourth-order valence-electron chi connectivity index (χ4n) is 3.16. The molecule has 1 saturated heterocycles. The molecule has 7 nitrogen and oxygen atoms in total. The maximum Gasteiger partial charge on any atom is 0.282 e. The maximum absolute atomic E-state index is 12.7. The van der Waals surface area contributed by atoms with Crippen LogP contribution in [0.2, 0.25) is 0 Å². The van der Waals surface area contributed by atoms with Gasteiger partial charge >= 0.3 is 0 Å². The lowest BCUT2D eigenvalue weighted by Gasteiger charge is -2.13. The summed E-state index contributed by atoms with van der Waals surface area (Å²) in [4.78, 5) is 37.2. The van der Waals surface area contributed by atoms with Gasteiger partial charge in [-0.05, 0) is 55.0 Å². The summed E-state index contributed by atoms with van der Waals surface area (Å²) in [5.74, 6) is -0.765. The molecule has 32 heavy (non-hydrogen) atoms. The Morgan fingerprint density at radius 3 is 2.50 bits per heavy atom. The standard InChI is InChI=1S/C25H21N3O4/c1-17-10-12-19(13-11-17)26-23(29)16-32-21-9-5-6-18(14-21)15-22-24(30)27-28(25(22)31)20-7-3-2-4-8-20/h2-15H,16H2,1H3,(H,26,29)(H,27,30)/b22-15-. The van der Waals surface area contributed by atoms with Crippen molar-refractivity contribution in [1.82, 2.24) is 5.43 Å². The normalized spacial score (nSPS) is 14.4. The first-order valence-corrected chi connectivity index (χ1v) is 10.0. The molecule has 1 fully saturated rings. The fraction of sp³-hybridized carbons (Fsp3) is 0.0800. The van der Waals surface area contributed by atoms with Crippen LogP contribution in [0.25, 0.3) is 6.08 Å². The zero-order valence-corrected chi connectivity index (χ0v) is 17.4. The highest BCUT2D eigenvalue weighted by Crippen LogP contribution is 2.22. The van der Waals surface area contributed by atoms with E-state index in [9.17, 15) is 14.4 Å². The molecule has 0 radical (unpaired) electrons. The molecule has 3 aromatic rings. The number of amides is 3. The van der Waals surface area contributed by atoms with Crippen molar-refractivity contribution in [2.75, 3.05) is 16.9 Å². The van der Waals surface area contributed by atoms with Crippen LogP contribution in [0.4, 0.5) is 11.4 Å². The molecule has 7 heteroatoms. The fourth-order valence-corrected chi connectivity index (χ4v) is 3.16. The van der Waals surface area contributed by atoms with Crippen molar-refractivity contribution in [1.29, 1.82) is 0 Å². The van der Waals surface area contributed by atoms with Crippen LogP contribution in [0.1, 0.15) is 11.1 Å². The van der Waals surface area contributed by atoms with E-state index >= 15 is 0 Å². The Kier molecular flexibility index (Phi) is 5.98.